The molecule has 0 saturated carbocycles. The molecule has 2 amide bonds. The van der Waals surface area contributed by atoms with Crippen LogP contribution in [0, 0.1) is 0 Å². The Morgan fingerprint density at radius 2 is 2.40 bits per heavy atom. The Kier molecular flexibility index (Phi) is 1.61. The summed E-state index contributed by atoms with van der Waals surface area (Å²) in [7, 11) is 0. The molecule has 0 unspecified atom stereocenters. The monoisotopic (exact) mass is 143 g/mol. The van der Waals surface area contributed by atoms with Crippen molar-refractivity contribution in [3.8, 4) is 0 Å². The minimum Gasteiger partial charge on any atom is -0.465 e. The van der Waals surface area contributed by atoms with Crippen LogP contribution in [0.1, 0.15) is 19.8 Å². The van der Waals surface area contributed by atoms with Crippen LogP contribution in [0.25, 0.3) is 0 Å². The van der Waals surface area contributed by atoms with Crippen LogP contribution >= 0.6 is 0 Å². The van der Waals surface area contributed by atoms with Crippen LogP contribution in [0.2, 0.25) is 0 Å². The van der Waals surface area contributed by atoms with Gasteiger partial charge in [-0.3, -0.25) is 4.79 Å². The van der Waals surface area contributed by atoms with E-state index in [9.17, 15) is 9.59 Å². The van der Waals surface area contributed by atoms with Gasteiger partial charge in [0.15, 0.2) is 0 Å². The number of carbonyl (C=O) groups excluding carboxylic acids is 1. The molecule has 0 spiro atoms. The number of hydrogen-bond acceptors (Lipinski definition) is 2. The first-order valence-electron chi connectivity index (χ1n) is 3.18. The van der Waals surface area contributed by atoms with Crippen LogP contribution in [0.5, 0.6) is 0 Å². The molecular formula is C6H9NO3. The normalized spacial score (nSPS) is 25.5. The van der Waals surface area contributed by atoms with Crippen molar-refractivity contribution in [2.45, 2.75) is 25.8 Å². The van der Waals surface area contributed by atoms with E-state index in [1.165, 1.54) is 0 Å². The lowest BCUT2D eigenvalue weighted by molar-refractivity contribution is -0.126. The highest BCUT2D eigenvalue weighted by molar-refractivity contribution is 5.93. The number of imide groups is 1. The Morgan fingerprint density at radius 1 is 1.80 bits per heavy atom. The second-order valence-corrected chi connectivity index (χ2v) is 2.43. The Morgan fingerprint density at radius 3 is 2.60 bits per heavy atom. The standard InChI is InChI=1S/C6H9NO3/c1-4-2-3-5(8)7(4)6(9)10/h4H,2-3H2,1H3,(H,9,10)/t4-/m1/s1. The molecule has 0 aliphatic carbocycles. The van der Waals surface area contributed by atoms with Crippen molar-refractivity contribution in [1.29, 1.82) is 0 Å². The molecule has 1 saturated heterocycles. The number of nitrogens with zero attached hydrogens (tertiary/aromatic N) is 1. The highest BCUT2D eigenvalue weighted by Gasteiger charge is 2.32. The summed E-state index contributed by atoms with van der Waals surface area (Å²) in [6.07, 6.45) is -0.103. The third-order valence-corrected chi connectivity index (χ3v) is 1.69. The van der Waals surface area contributed by atoms with Crippen molar-refractivity contribution < 1.29 is 14.7 Å². The van der Waals surface area contributed by atoms with Crippen LogP contribution in [0.15, 0.2) is 0 Å². The van der Waals surface area contributed by atoms with Gasteiger partial charge < -0.3 is 5.11 Å². The predicted molar refractivity (Wildman–Crippen MR) is 33.6 cm³/mol. The highest BCUT2D eigenvalue weighted by Crippen LogP contribution is 2.17. The van der Waals surface area contributed by atoms with Crippen molar-refractivity contribution in [3.05, 3.63) is 0 Å². The molecule has 4 nitrogen and oxygen atoms in total. The Balaban J connectivity index is 2.72. The summed E-state index contributed by atoms with van der Waals surface area (Å²) >= 11 is 0. The molecule has 1 N–H and O–H groups in total. The average Bonchev–Trinajstić information content (AvgIpc) is 2.11. The average molecular weight is 143 g/mol. The Hall–Kier alpha value is -1.06. The molecule has 0 aromatic rings. The van der Waals surface area contributed by atoms with E-state index in [1.807, 2.05) is 0 Å². The lowest BCUT2D eigenvalue weighted by Gasteiger charge is -2.13. The van der Waals surface area contributed by atoms with Gasteiger partial charge in [-0.2, -0.15) is 0 Å². The molecule has 56 valence electrons. The van der Waals surface area contributed by atoms with Crippen molar-refractivity contribution in [3.63, 3.8) is 0 Å². The van der Waals surface area contributed by atoms with Gasteiger partial charge in [0.25, 0.3) is 0 Å². The Bertz CT molecular complexity index is 178. The van der Waals surface area contributed by atoms with E-state index in [0.29, 0.717) is 12.8 Å². The fourth-order valence-electron chi connectivity index (χ4n) is 1.12. The largest absolute Gasteiger partial charge is 0.465 e. The van der Waals surface area contributed by atoms with Gasteiger partial charge in [-0.25, -0.2) is 9.69 Å². The molecule has 0 aromatic heterocycles. The second kappa shape index (κ2) is 2.28. The van der Waals surface area contributed by atoms with Crippen molar-refractivity contribution >= 4 is 12.0 Å². The molecule has 4 heteroatoms. The summed E-state index contributed by atoms with van der Waals surface area (Å²) in [6.45, 7) is 1.74. The summed E-state index contributed by atoms with van der Waals surface area (Å²) in [5, 5.41) is 8.46. The van der Waals surface area contributed by atoms with Crippen LogP contribution in [0.4, 0.5) is 4.79 Å². The topological polar surface area (TPSA) is 57.6 Å². The van der Waals surface area contributed by atoms with E-state index in [0.717, 1.165) is 4.90 Å². The molecule has 1 aliphatic rings. The smallest absolute Gasteiger partial charge is 0.414 e. The Labute approximate surface area is 58.4 Å². The molecule has 1 heterocycles. The maximum absolute atomic E-state index is 10.8. The van der Waals surface area contributed by atoms with E-state index < -0.39 is 6.09 Å². The van der Waals surface area contributed by atoms with E-state index in [4.69, 9.17) is 5.11 Å². The van der Waals surface area contributed by atoms with Crippen molar-refractivity contribution in [1.82, 2.24) is 4.90 Å². The third-order valence-electron chi connectivity index (χ3n) is 1.69. The van der Waals surface area contributed by atoms with Crippen LogP contribution in [-0.2, 0) is 4.79 Å². The molecule has 10 heavy (non-hydrogen) atoms. The predicted octanol–water partition coefficient (Wildman–Crippen LogP) is 0.675. The maximum Gasteiger partial charge on any atom is 0.414 e. The summed E-state index contributed by atoms with van der Waals surface area (Å²) in [5.74, 6) is -0.278. The lowest BCUT2D eigenvalue weighted by atomic mass is 10.2. The van der Waals surface area contributed by atoms with Crippen molar-refractivity contribution in [2.75, 3.05) is 0 Å². The van der Waals surface area contributed by atoms with Gasteiger partial charge in [0, 0.05) is 12.5 Å². The van der Waals surface area contributed by atoms with Gasteiger partial charge >= 0.3 is 6.09 Å². The number of rotatable bonds is 0. The highest BCUT2D eigenvalue weighted by atomic mass is 16.4. The molecule has 0 bridgehead atoms. The zero-order valence-electron chi connectivity index (χ0n) is 5.70. The van der Waals surface area contributed by atoms with Gasteiger partial charge in [-0.15, -0.1) is 0 Å². The summed E-state index contributed by atoms with van der Waals surface area (Å²) < 4.78 is 0. The molecule has 1 aliphatic heterocycles. The van der Waals surface area contributed by atoms with Gasteiger partial charge in [0.1, 0.15) is 0 Å². The fraction of sp³-hybridized carbons (Fsp3) is 0.667. The molecular weight excluding hydrogens is 134 g/mol. The summed E-state index contributed by atoms with van der Waals surface area (Å²) in [6, 6.07) is -0.134. The number of hydrogen-bond donors (Lipinski definition) is 1. The SMILES string of the molecule is C[C@@H]1CCC(=O)N1C(=O)O. The molecule has 0 aromatic carbocycles. The van der Waals surface area contributed by atoms with Gasteiger partial charge in [0.05, 0.1) is 0 Å². The minimum absolute atomic E-state index is 0.134. The van der Waals surface area contributed by atoms with Crippen LogP contribution in [-0.4, -0.2) is 28.0 Å². The number of carboxylic acid groups (broad SMARTS) is 1. The van der Waals surface area contributed by atoms with Crippen molar-refractivity contribution in [2.24, 2.45) is 0 Å². The quantitative estimate of drug-likeness (QED) is 0.542. The number of carbonyl (C=O) groups is 2. The second-order valence-electron chi connectivity index (χ2n) is 2.43. The molecule has 0 radical (unpaired) electrons. The molecule has 1 fully saturated rings. The lowest BCUT2D eigenvalue weighted by Crippen LogP contribution is -2.35. The van der Waals surface area contributed by atoms with Crippen LogP contribution in [0.3, 0.4) is 0 Å². The number of likely N-dealkylation sites (tertiary alicyclic amines) is 1. The van der Waals surface area contributed by atoms with Gasteiger partial charge in [-0.1, -0.05) is 0 Å². The number of amides is 2. The molecule has 1 rings (SSSR count). The van der Waals surface area contributed by atoms with E-state index >= 15 is 0 Å². The zero-order chi connectivity index (χ0) is 7.72. The van der Waals surface area contributed by atoms with Gasteiger partial charge in [-0.05, 0) is 13.3 Å². The summed E-state index contributed by atoms with van der Waals surface area (Å²) in [5.41, 5.74) is 0. The first-order valence-corrected chi connectivity index (χ1v) is 3.18. The van der Waals surface area contributed by atoms with Crippen LogP contribution < -0.4 is 0 Å². The van der Waals surface area contributed by atoms with Gasteiger partial charge in [0.2, 0.25) is 5.91 Å². The van der Waals surface area contributed by atoms with E-state index in [-0.39, 0.29) is 11.9 Å². The van der Waals surface area contributed by atoms with E-state index in [1.54, 1.807) is 6.92 Å². The fourth-order valence-corrected chi connectivity index (χ4v) is 1.12. The maximum atomic E-state index is 10.8. The first kappa shape index (κ1) is 7.05. The molecule has 1 atom stereocenters. The summed E-state index contributed by atoms with van der Waals surface area (Å²) in [4.78, 5) is 22.0. The third kappa shape index (κ3) is 0.964. The first-order chi connectivity index (χ1) is 4.63. The van der Waals surface area contributed by atoms with E-state index in [2.05, 4.69) is 0 Å². The minimum atomic E-state index is -1.13. The zero-order valence-corrected chi connectivity index (χ0v) is 5.70.